The second-order valence-corrected chi connectivity index (χ2v) is 8.22. The summed E-state index contributed by atoms with van der Waals surface area (Å²) in [6, 6.07) is 7.17. The van der Waals surface area contributed by atoms with Gasteiger partial charge in [0.2, 0.25) is 14.7 Å². The fraction of sp³-hybridized carbons (Fsp3) is 0.467. The third-order valence-corrected chi connectivity index (χ3v) is 5.31. The van der Waals surface area contributed by atoms with Crippen molar-refractivity contribution in [3.05, 3.63) is 30.3 Å². The summed E-state index contributed by atoms with van der Waals surface area (Å²) in [5.74, 6) is 3.26. The molecule has 1 rings (SSSR count). The molecule has 0 amide bonds. The molecule has 8 nitrogen and oxygen atoms in total. The van der Waals surface area contributed by atoms with Gasteiger partial charge in [-0.25, -0.2) is 18.6 Å². The number of esters is 2. The van der Waals surface area contributed by atoms with E-state index in [2.05, 4.69) is 4.74 Å². The first-order valence-electron chi connectivity index (χ1n) is 7.08. The second-order valence-electron chi connectivity index (χ2n) is 6.04. The molecular weight excluding hydrogens is 336 g/mol. The lowest BCUT2D eigenvalue weighted by Crippen LogP contribution is -2.62. The largest absolute Gasteiger partial charge is 0.467 e. The van der Waals surface area contributed by atoms with E-state index in [-0.39, 0.29) is 4.90 Å². The molecular formula is C15H22N2O6S. The van der Waals surface area contributed by atoms with Gasteiger partial charge in [0, 0.05) is 0 Å². The summed E-state index contributed by atoms with van der Waals surface area (Å²) < 4.78 is 35.6. The number of carbonyl (C=O) groups excluding carboxylic acids is 2. The standard InChI is InChI=1S/C15H22N2O6S/c1-14(2,3)23-12(18)10-15(17-16,13(19)22-4)24(20,21)11-8-6-5-7-9-11/h5-9,17H,10,16H2,1-4H3/t15-/m0/s1. The molecule has 0 aliphatic carbocycles. The zero-order valence-corrected chi connectivity index (χ0v) is 14.8. The van der Waals surface area contributed by atoms with E-state index in [9.17, 15) is 18.0 Å². The quantitative estimate of drug-likeness (QED) is 0.428. The first-order chi connectivity index (χ1) is 11.0. The summed E-state index contributed by atoms with van der Waals surface area (Å²) in [5.41, 5.74) is 1.10. The van der Waals surface area contributed by atoms with Crippen LogP contribution in [0.1, 0.15) is 27.2 Å². The fourth-order valence-corrected chi connectivity index (χ4v) is 3.69. The summed E-state index contributed by atoms with van der Waals surface area (Å²) >= 11 is 0. The Morgan fingerprint density at radius 1 is 1.17 bits per heavy atom. The SMILES string of the molecule is COC(=O)[C@@](CC(=O)OC(C)(C)C)(NN)S(=O)(=O)c1ccccc1. The monoisotopic (exact) mass is 358 g/mol. The Labute approximate surface area is 141 Å². The van der Waals surface area contributed by atoms with E-state index < -0.39 is 38.7 Å². The van der Waals surface area contributed by atoms with Crippen LogP contribution in [0.2, 0.25) is 0 Å². The summed E-state index contributed by atoms with van der Waals surface area (Å²) in [4.78, 5) is 21.7. The van der Waals surface area contributed by atoms with Crippen LogP contribution in [-0.2, 0) is 28.9 Å². The molecule has 0 heterocycles. The number of nitrogens with two attached hydrogens (primary N) is 1. The minimum absolute atomic E-state index is 0.183. The lowest BCUT2D eigenvalue weighted by molar-refractivity contribution is -0.160. The molecule has 3 N–H and O–H groups in total. The smallest absolute Gasteiger partial charge is 0.344 e. The molecule has 0 aromatic heterocycles. The average molecular weight is 358 g/mol. The Bertz CT molecular complexity index is 696. The van der Waals surface area contributed by atoms with Gasteiger partial charge in [-0.05, 0) is 32.9 Å². The minimum Gasteiger partial charge on any atom is -0.467 e. The van der Waals surface area contributed by atoms with Gasteiger partial charge in [-0.1, -0.05) is 18.2 Å². The van der Waals surface area contributed by atoms with Crippen molar-refractivity contribution in [1.82, 2.24) is 5.43 Å². The lowest BCUT2D eigenvalue weighted by Gasteiger charge is -2.30. The maximum Gasteiger partial charge on any atom is 0.344 e. The van der Waals surface area contributed by atoms with Gasteiger partial charge in [0.25, 0.3) is 0 Å². The van der Waals surface area contributed by atoms with Gasteiger partial charge in [0.15, 0.2) is 0 Å². The molecule has 0 saturated carbocycles. The van der Waals surface area contributed by atoms with Crippen molar-refractivity contribution in [3.8, 4) is 0 Å². The molecule has 0 aliphatic heterocycles. The molecule has 0 unspecified atom stereocenters. The number of sulfone groups is 1. The van der Waals surface area contributed by atoms with Gasteiger partial charge in [-0.15, -0.1) is 0 Å². The number of methoxy groups -OCH3 is 1. The van der Waals surface area contributed by atoms with Crippen LogP contribution in [0.5, 0.6) is 0 Å². The molecule has 0 aliphatic rings. The first-order valence-corrected chi connectivity index (χ1v) is 8.56. The topological polar surface area (TPSA) is 125 Å². The number of rotatable bonds is 6. The van der Waals surface area contributed by atoms with Crippen molar-refractivity contribution in [2.75, 3.05) is 7.11 Å². The number of carbonyl (C=O) groups is 2. The molecule has 0 fully saturated rings. The highest BCUT2D eigenvalue weighted by Gasteiger charge is 2.54. The highest BCUT2D eigenvalue weighted by molar-refractivity contribution is 7.93. The van der Waals surface area contributed by atoms with Crippen LogP contribution in [0, 0.1) is 0 Å². The van der Waals surface area contributed by atoms with E-state index in [1.54, 1.807) is 26.8 Å². The highest BCUT2D eigenvalue weighted by atomic mass is 32.2. The van der Waals surface area contributed by atoms with Crippen LogP contribution in [0.4, 0.5) is 0 Å². The predicted molar refractivity (Wildman–Crippen MR) is 86.2 cm³/mol. The average Bonchev–Trinajstić information content (AvgIpc) is 2.50. The summed E-state index contributed by atoms with van der Waals surface area (Å²) in [5, 5.41) is 0. The van der Waals surface area contributed by atoms with E-state index in [0.717, 1.165) is 7.11 Å². The van der Waals surface area contributed by atoms with Crippen molar-refractivity contribution in [3.63, 3.8) is 0 Å². The summed E-state index contributed by atoms with van der Waals surface area (Å²) in [6.07, 6.45) is -0.843. The van der Waals surface area contributed by atoms with Crippen molar-refractivity contribution < 1.29 is 27.5 Å². The first kappa shape index (κ1) is 20.1. The van der Waals surface area contributed by atoms with Crippen molar-refractivity contribution in [2.24, 2.45) is 5.84 Å². The van der Waals surface area contributed by atoms with Gasteiger partial charge in [0.05, 0.1) is 18.4 Å². The van der Waals surface area contributed by atoms with Crippen LogP contribution < -0.4 is 11.3 Å². The number of ether oxygens (including phenoxy) is 2. The molecule has 1 aromatic carbocycles. The maximum absolute atomic E-state index is 12.9. The van der Waals surface area contributed by atoms with Crippen LogP contribution in [0.3, 0.4) is 0 Å². The van der Waals surface area contributed by atoms with Crippen molar-refractivity contribution in [1.29, 1.82) is 0 Å². The van der Waals surface area contributed by atoms with Crippen LogP contribution in [0.25, 0.3) is 0 Å². The molecule has 0 bridgehead atoms. The zero-order valence-electron chi connectivity index (χ0n) is 14.0. The van der Waals surface area contributed by atoms with E-state index in [4.69, 9.17) is 10.6 Å². The normalized spacial score (nSPS) is 14.5. The summed E-state index contributed by atoms with van der Waals surface area (Å²) in [7, 11) is -3.38. The Morgan fingerprint density at radius 3 is 2.12 bits per heavy atom. The highest BCUT2D eigenvalue weighted by Crippen LogP contribution is 2.29. The van der Waals surface area contributed by atoms with Gasteiger partial charge < -0.3 is 9.47 Å². The Balaban J connectivity index is 3.40. The predicted octanol–water partition coefficient (Wildman–Crippen LogP) is 0.525. The van der Waals surface area contributed by atoms with Crippen LogP contribution in [-0.4, -0.2) is 37.9 Å². The molecule has 1 atom stereocenters. The molecule has 0 spiro atoms. The maximum atomic E-state index is 12.9. The van der Waals surface area contributed by atoms with Crippen molar-refractivity contribution in [2.45, 2.75) is 42.6 Å². The number of benzene rings is 1. The zero-order chi connectivity index (χ0) is 18.6. The number of hydrazine groups is 1. The molecule has 134 valence electrons. The van der Waals surface area contributed by atoms with E-state index in [1.165, 1.54) is 24.3 Å². The lowest BCUT2D eigenvalue weighted by atomic mass is 10.1. The number of hydrogen-bond donors (Lipinski definition) is 2. The minimum atomic E-state index is -4.39. The van der Waals surface area contributed by atoms with Gasteiger partial charge in [-0.2, -0.15) is 0 Å². The molecule has 0 radical (unpaired) electrons. The van der Waals surface area contributed by atoms with E-state index >= 15 is 0 Å². The molecule has 1 aromatic rings. The van der Waals surface area contributed by atoms with Crippen LogP contribution in [0.15, 0.2) is 35.2 Å². The van der Waals surface area contributed by atoms with E-state index in [0.29, 0.717) is 0 Å². The molecule has 24 heavy (non-hydrogen) atoms. The molecule has 0 saturated heterocycles. The Morgan fingerprint density at radius 2 is 1.71 bits per heavy atom. The second kappa shape index (κ2) is 7.29. The molecule has 9 heteroatoms. The third-order valence-electron chi connectivity index (χ3n) is 3.07. The fourth-order valence-electron chi connectivity index (χ4n) is 2.01. The van der Waals surface area contributed by atoms with Gasteiger partial charge >= 0.3 is 11.9 Å². The third kappa shape index (κ3) is 4.11. The Hall–Kier alpha value is -1.97. The van der Waals surface area contributed by atoms with E-state index in [1.807, 2.05) is 5.43 Å². The van der Waals surface area contributed by atoms with Crippen molar-refractivity contribution >= 4 is 21.8 Å². The van der Waals surface area contributed by atoms with Gasteiger partial charge in [0.1, 0.15) is 5.60 Å². The van der Waals surface area contributed by atoms with Crippen LogP contribution >= 0.6 is 0 Å². The number of nitrogens with one attached hydrogen (secondary N) is 1. The Kier molecular flexibility index (Phi) is 6.09. The number of hydrogen-bond acceptors (Lipinski definition) is 8. The summed E-state index contributed by atoms with van der Waals surface area (Å²) in [6.45, 7) is 4.85. The van der Waals surface area contributed by atoms with Gasteiger partial charge in [-0.3, -0.25) is 10.6 Å².